The molecule has 1 aromatic heterocycles. The van der Waals surface area contributed by atoms with Crippen LogP contribution in [0.5, 0.6) is 0 Å². The fourth-order valence-corrected chi connectivity index (χ4v) is 2.63. The van der Waals surface area contributed by atoms with Gasteiger partial charge in [-0.15, -0.1) is 0 Å². The number of benzene rings is 2. The minimum absolute atomic E-state index is 0.0763. The first-order valence-corrected chi connectivity index (χ1v) is 7.55. The lowest BCUT2D eigenvalue weighted by Crippen LogP contribution is -2.27. The summed E-state index contributed by atoms with van der Waals surface area (Å²) in [7, 11) is 0. The predicted octanol–water partition coefficient (Wildman–Crippen LogP) is 3.47. The van der Waals surface area contributed by atoms with Crippen molar-refractivity contribution in [2.24, 2.45) is 0 Å². The van der Waals surface area contributed by atoms with E-state index in [-0.39, 0.29) is 6.54 Å². The Morgan fingerprint density at radius 2 is 1.88 bits per heavy atom. The highest BCUT2D eigenvalue weighted by Crippen LogP contribution is 2.25. The van der Waals surface area contributed by atoms with Gasteiger partial charge in [-0.1, -0.05) is 18.2 Å². The molecule has 0 unspecified atom stereocenters. The Balaban J connectivity index is 1.75. The number of rotatable bonds is 5. The van der Waals surface area contributed by atoms with E-state index in [9.17, 15) is 28.1 Å². The van der Waals surface area contributed by atoms with Crippen molar-refractivity contribution in [3.8, 4) is 0 Å². The molecule has 134 valence electrons. The van der Waals surface area contributed by atoms with Gasteiger partial charge >= 0.3 is 5.69 Å². The molecule has 0 aliphatic heterocycles. The van der Waals surface area contributed by atoms with Crippen molar-refractivity contribution < 1.29 is 22.9 Å². The predicted molar refractivity (Wildman–Crippen MR) is 87.3 cm³/mol. The molecule has 0 bridgehead atoms. The maximum Gasteiger partial charge on any atom is 0.308 e. The fraction of sp³-hybridized carbons (Fsp3) is 0.118. The van der Waals surface area contributed by atoms with Gasteiger partial charge in [-0.25, -0.2) is 8.78 Å². The van der Waals surface area contributed by atoms with Crippen molar-refractivity contribution in [1.82, 2.24) is 10.3 Å². The molecular weight excluding hydrogens is 351 g/mol. The number of hydrogen-bond donors (Lipinski definition) is 2. The zero-order chi connectivity index (χ0) is 18.8. The largest absolute Gasteiger partial charge is 0.361 e. The van der Waals surface area contributed by atoms with Gasteiger partial charge in [0.25, 0.3) is 5.91 Å². The quantitative estimate of drug-likeness (QED) is 0.413. The number of aromatic amines is 1. The van der Waals surface area contributed by atoms with Crippen molar-refractivity contribution in [1.29, 1.82) is 0 Å². The Bertz CT molecular complexity index is 1020. The maximum absolute atomic E-state index is 13.8. The average molecular weight is 363 g/mol. The monoisotopic (exact) mass is 363 g/mol. The SMILES string of the molecule is O=C(NCCc1c[nH]c2ccccc12)c1cc([N+](=O)[O-])c(F)c(F)c1F. The van der Waals surface area contributed by atoms with Crippen molar-refractivity contribution in [2.75, 3.05) is 6.54 Å². The van der Waals surface area contributed by atoms with Crippen molar-refractivity contribution in [2.45, 2.75) is 6.42 Å². The lowest BCUT2D eigenvalue weighted by Gasteiger charge is -2.07. The number of nitrogens with one attached hydrogen (secondary N) is 2. The van der Waals surface area contributed by atoms with Gasteiger partial charge in [-0.3, -0.25) is 14.9 Å². The van der Waals surface area contributed by atoms with Crippen LogP contribution in [0.3, 0.4) is 0 Å². The van der Waals surface area contributed by atoms with Crippen LogP contribution in [0, 0.1) is 27.6 Å². The fourth-order valence-electron chi connectivity index (χ4n) is 2.63. The van der Waals surface area contributed by atoms with E-state index < -0.39 is 39.5 Å². The molecular formula is C17H12F3N3O3. The summed E-state index contributed by atoms with van der Waals surface area (Å²) in [5.74, 6) is -6.83. The van der Waals surface area contributed by atoms with Crippen LogP contribution in [0.4, 0.5) is 18.9 Å². The highest BCUT2D eigenvalue weighted by molar-refractivity contribution is 5.95. The molecule has 2 N–H and O–H groups in total. The van der Waals surface area contributed by atoms with E-state index in [0.717, 1.165) is 16.5 Å². The highest BCUT2D eigenvalue weighted by Gasteiger charge is 2.28. The molecule has 0 radical (unpaired) electrons. The number of nitro benzene ring substituents is 1. The molecule has 0 aliphatic rings. The summed E-state index contributed by atoms with van der Waals surface area (Å²) in [5.41, 5.74) is -0.408. The van der Waals surface area contributed by atoms with Gasteiger partial charge in [-0.2, -0.15) is 4.39 Å². The summed E-state index contributed by atoms with van der Waals surface area (Å²) >= 11 is 0. The molecule has 0 fully saturated rings. The third-order valence-corrected chi connectivity index (χ3v) is 3.92. The summed E-state index contributed by atoms with van der Waals surface area (Å²) < 4.78 is 40.6. The molecule has 26 heavy (non-hydrogen) atoms. The number of H-pyrrole nitrogens is 1. The number of aromatic nitrogens is 1. The maximum atomic E-state index is 13.8. The minimum Gasteiger partial charge on any atom is -0.361 e. The smallest absolute Gasteiger partial charge is 0.308 e. The molecule has 9 heteroatoms. The van der Waals surface area contributed by atoms with Crippen LogP contribution >= 0.6 is 0 Å². The molecule has 2 aromatic carbocycles. The molecule has 0 aliphatic carbocycles. The molecule has 0 atom stereocenters. The Morgan fingerprint density at radius 1 is 1.15 bits per heavy atom. The van der Waals surface area contributed by atoms with E-state index in [1.54, 1.807) is 6.20 Å². The van der Waals surface area contributed by atoms with Crippen molar-refractivity contribution in [3.63, 3.8) is 0 Å². The van der Waals surface area contributed by atoms with Crippen LogP contribution in [0.25, 0.3) is 10.9 Å². The minimum atomic E-state index is -2.05. The number of amides is 1. The number of nitrogens with zero attached hydrogens (tertiary/aromatic N) is 1. The number of halogens is 3. The Hall–Kier alpha value is -3.36. The van der Waals surface area contributed by atoms with Gasteiger partial charge in [-0.05, 0) is 18.1 Å². The van der Waals surface area contributed by atoms with Crippen LogP contribution in [0.2, 0.25) is 0 Å². The van der Waals surface area contributed by atoms with E-state index >= 15 is 0 Å². The average Bonchev–Trinajstić information content (AvgIpc) is 3.03. The molecule has 1 heterocycles. The number of carbonyl (C=O) groups is 1. The van der Waals surface area contributed by atoms with E-state index in [2.05, 4.69) is 10.3 Å². The third kappa shape index (κ3) is 3.10. The number of hydrogen-bond acceptors (Lipinski definition) is 3. The first-order valence-electron chi connectivity index (χ1n) is 7.55. The Labute approximate surface area is 144 Å². The number of para-hydroxylation sites is 1. The second-order valence-corrected chi connectivity index (χ2v) is 5.51. The van der Waals surface area contributed by atoms with Crippen LogP contribution in [-0.2, 0) is 6.42 Å². The number of carbonyl (C=O) groups excluding carboxylic acids is 1. The lowest BCUT2D eigenvalue weighted by atomic mass is 10.1. The van der Waals surface area contributed by atoms with Gasteiger partial charge in [0.1, 0.15) is 0 Å². The zero-order valence-corrected chi connectivity index (χ0v) is 13.2. The Kier molecular flexibility index (Phi) is 4.61. The summed E-state index contributed by atoms with van der Waals surface area (Å²) in [4.78, 5) is 24.6. The Morgan fingerprint density at radius 3 is 2.62 bits per heavy atom. The first kappa shape index (κ1) is 17.5. The van der Waals surface area contributed by atoms with Crippen LogP contribution in [0.15, 0.2) is 36.5 Å². The molecule has 1 amide bonds. The molecule has 6 nitrogen and oxygen atoms in total. The second-order valence-electron chi connectivity index (χ2n) is 5.51. The molecule has 0 saturated carbocycles. The third-order valence-electron chi connectivity index (χ3n) is 3.92. The van der Waals surface area contributed by atoms with Crippen molar-refractivity contribution >= 4 is 22.5 Å². The summed E-state index contributed by atoms with van der Waals surface area (Å²) in [6.07, 6.45) is 2.16. The first-order chi connectivity index (χ1) is 12.4. The standard InChI is InChI=1S/C17H12F3N3O3/c18-14-11(7-13(23(25)26)15(19)16(14)20)17(24)21-6-5-9-8-22-12-4-2-1-3-10(9)12/h1-4,7-8,22H,5-6H2,(H,21,24). The van der Waals surface area contributed by atoms with E-state index in [1.165, 1.54) is 0 Å². The lowest BCUT2D eigenvalue weighted by molar-refractivity contribution is -0.387. The summed E-state index contributed by atoms with van der Waals surface area (Å²) in [6, 6.07) is 7.88. The van der Waals surface area contributed by atoms with E-state index in [1.807, 2.05) is 24.3 Å². The number of fused-ring (bicyclic) bond motifs is 1. The summed E-state index contributed by atoms with van der Waals surface area (Å²) in [6.45, 7) is 0.0763. The van der Waals surface area contributed by atoms with Crippen LogP contribution < -0.4 is 5.32 Å². The van der Waals surface area contributed by atoms with Crippen LogP contribution in [0.1, 0.15) is 15.9 Å². The topological polar surface area (TPSA) is 88.0 Å². The molecule has 0 spiro atoms. The number of nitro groups is 1. The summed E-state index contributed by atoms with van der Waals surface area (Å²) in [5, 5.41) is 14.0. The van der Waals surface area contributed by atoms with Gasteiger partial charge in [0.2, 0.25) is 11.6 Å². The molecule has 3 aromatic rings. The van der Waals surface area contributed by atoms with Gasteiger partial charge in [0.05, 0.1) is 10.5 Å². The second kappa shape index (κ2) is 6.87. The zero-order valence-electron chi connectivity index (χ0n) is 13.2. The highest BCUT2D eigenvalue weighted by atomic mass is 19.2. The van der Waals surface area contributed by atoms with Gasteiger partial charge < -0.3 is 10.3 Å². The van der Waals surface area contributed by atoms with E-state index in [4.69, 9.17) is 0 Å². The van der Waals surface area contributed by atoms with Crippen LogP contribution in [-0.4, -0.2) is 22.4 Å². The molecule has 0 saturated heterocycles. The van der Waals surface area contributed by atoms with Gasteiger partial charge in [0.15, 0.2) is 5.82 Å². The molecule has 3 rings (SSSR count). The van der Waals surface area contributed by atoms with Gasteiger partial charge in [0, 0.05) is 29.7 Å². The van der Waals surface area contributed by atoms with E-state index in [0.29, 0.717) is 12.5 Å². The van der Waals surface area contributed by atoms with Crippen molar-refractivity contribution in [3.05, 3.63) is 75.2 Å². The normalized spacial score (nSPS) is 10.9.